The molecule has 2 N–H and O–H groups in total. The molecule has 0 radical (unpaired) electrons. The number of carbonyl (C=O) groups excluding carboxylic acids is 1. The van der Waals surface area contributed by atoms with Crippen LogP contribution in [-0.4, -0.2) is 39.9 Å². The Morgan fingerprint density at radius 2 is 2.14 bits per heavy atom. The number of nitrogens with two attached hydrogens (primary N) is 1. The first-order valence-electron chi connectivity index (χ1n) is 7.47. The number of piperidine rings is 1. The van der Waals surface area contributed by atoms with E-state index in [4.69, 9.17) is 17.3 Å². The Hall–Kier alpha value is -0.910. The Bertz CT molecular complexity index is 522. The van der Waals surface area contributed by atoms with Gasteiger partial charge in [0.25, 0.3) is 5.91 Å². The summed E-state index contributed by atoms with van der Waals surface area (Å²) in [5, 5.41) is 0.312. The molecule has 0 bridgehead atoms. The topological polar surface area (TPSA) is 72.1 Å². The summed E-state index contributed by atoms with van der Waals surface area (Å²) in [4.78, 5) is 23.0. The van der Waals surface area contributed by atoms with E-state index in [2.05, 4.69) is 9.97 Å². The fourth-order valence-corrected chi connectivity index (χ4v) is 2.75. The first-order chi connectivity index (χ1) is 9.90. The lowest BCUT2D eigenvalue weighted by atomic mass is 9.92. The van der Waals surface area contributed by atoms with Gasteiger partial charge in [-0.3, -0.25) is 4.79 Å². The quantitative estimate of drug-likeness (QED) is 0.913. The van der Waals surface area contributed by atoms with E-state index in [9.17, 15) is 4.79 Å². The molecule has 1 aromatic heterocycles. The SMILES string of the molecule is CC(C)c1ncc(Cl)c(C(=O)N2CCCC(C(C)N)C2)n1.Cl. The van der Waals surface area contributed by atoms with Gasteiger partial charge in [0.2, 0.25) is 0 Å². The molecule has 1 fully saturated rings. The normalized spacial score (nSPS) is 19.7. The second-order valence-electron chi connectivity index (χ2n) is 6.09. The summed E-state index contributed by atoms with van der Waals surface area (Å²) in [5.41, 5.74) is 6.28. The summed E-state index contributed by atoms with van der Waals surface area (Å²) >= 11 is 6.12. The summed E-state index contributed by atoms with van der Waals surface area (Å²) in [7, 11) is 0. The molecular formula is C15H24Cl2N4O. The lowest BCUT2D eigenvalue weighted by molar-refractivity contribution is 0.0654. The number of nitrogens with zero attached hydrogens (tertiary/aromatic N) is 3. The van der Waals surface area contributed by atoms with E-state index in [0.717, 1.165) is 19.4 Å². The molecule has 124 valence electrons. The zero-order valence-electron chi connectivity index (χ0n) is 13.3. The van der Waals surface area contributed by atoms with Gasteiger partial charge in [0.1, 0.15) is 5.82 Å². The van der Waals surface area contributed by atoms with Crippen LogP contribution in [-0.2, 0) is 0 Å². The van der Waals surface area contributed by atoms with E-state index in [1.807, 2.05) is 25.7 Å². The fraction of sp³-hybridized carbons (Fsp3) is 0.667. The molecule has 1 aliphatic heterocycles. The van der Waals surface area contributed by atoms with Gasteiger partial charge < -0.3 is 10.6 Å². The number of halogens is 2. The highest BCUT2D eigenvalue weighted by atomic mass is 35.5. The third-order valence-electron chi connectivity index (χ3n) is 3.97. The number of aromatic nitrogens is 2. The van der Waals surface area contributed by atoms with Crippen molar-refractivity contribution >= 4 is 29.9 Å². The van der Waals surface area contributed by atoms with Crippen molar-refractivity contribution in [1.29, 1.82) is 0 Å². The maximum atomic E-state index is 12.7. The first kappa shape index (κ1) is 19.1. The van der Waals surface area contributed by atoms with Gasteiger partial charge in [-0.15, -0.1) is 12.4 Å². The van der Waals surface area contributed by atoms with Crippen LogP contribution in [0.2, 0.25) is 5.02 Å². The third-order valence-corrected chi connectivity index (χ3v) is 4.25. The number of amides is 1. The van der Waals surface area contributed by atoms with Crippen LogP contribution in [0.25, 0.3) is 0 Å². The lowest BCUT2D eigenvalue weighted by Crippen LogP contribution is -2.45. The minimum absolute atomic E-state index is 0. The molecule has 7 heteroatoms. The predicted molar refractivity (Wildman–Crippen MR) is 90.7 cm³/mol. The van der Waals surface area contributed by atoms with E-state index in [1.165, 1.54) is 6.20 Å². The van der Waals surface area contributed by atoms with Gasteiger partial charge in [-0.05, 0) is 25.7 Å². The van der Waals surface area contributed by atoms with E-state index in [1.54, 1.807) is 0 Å². The maximum absolute atomic E-state index is 12.7. The van der Waals surface area contributed by atoms with E-state index in [0.29, 0.717) is 29.0 Å². The van der Waals surface area contributed by atoms with Gasteiger partial charge >= 0.3 is 0 Å². The van der Waals surface area contributed by atoms with Crippen LogP contribution in [0.4, 0.5) is 0 Å². The first-order valence-corrected chi connectivity index (χ1v) is 7.85. The van der Waals surface area contributed by atoms with Gasteiger partial charge in [-0.1, -0.05) is 25.4 Å². The van der Waals surface area contributed by atoms with E-state index >= 15 is 0 Å². The number of carbonyl (C=O) groups is 1. The number of likely N-dealkylation sites (tertiary alicyclic amines) is 1. The smallest absolute Gasteiger partial charge is 0.274 e. The third kappa shape index (κ3) is 4.31. The summed E-state index contributed by atoms with van der Waals surface area (Å²) < 4.78 is 0. The highest BCUT2D eigenvalue weighted by molar-refractivity contribution is 6.33. The highest BCUT2D eigenvalue weighted by Crippen LogP contribution is 2.23. The molecule has 2 atom stereocenters. The van der Waals surface area contributed by atoms with Crippen LogP contribution in [0.5, 0.6) is 0 Å². The standard InChI is InChI=1S/C15H23ClN4O.ClH/c1-9(2)14-18-7-12(16)13(19-14)15(21)20-6-4-5-11(8-20)10(3)17;/h7,9-11H,4-6,8,17H2,1-3H3;1H. The van der Waals surface area contributed by atoms with Crippen LogP contribution in [0.1, 0.15) is 55.8 Å². The van der Waals surface area contributed by atoms with Crippen molar-refractivity contribution in [2.24, 2.45) is 11.7 Å². The minimum Gasteiger partial charge on any atom is -0.337 e. The summed E-state index contributed by atoms with van der Waals surface area (Å²) in [6.45, 7) is 7.38. The van der Waals surface area contributed by atoms with Crippen molar-refractivity contribution in [3.05, 3.63) is 22.7 Å². The molecule has 0 saturated carbocycles. The summed E-state index contributed by atoms with van der Waals surface area (Å²) in [5.74, 6) is 1.03. The zero-order chi connectivity index (χ0) is 15.6. The van der Waals surface area contributed by atoms with Crippen LogP contribution in [0.3, 0.4) is 0 Å². The predicted octanol–water partition coefficient (Wildman–Crippen LogP) is 2.87. The number of rotatable bonds is 3. The van der Waals surface area contributed by atoms with Crippen molar-refractivity contribution in [1.82, 2.24) is 14.9 Å². The average Bonchev–Trinajstić information content (AvgIpc) is 2.47. The summed E-state index contributed by atoms with van der Waals surface area (Å²) in [6.07, 6.45) is 3.55. The zero-order valence-corrected chi connectivity index (χ0v) is 14.8. The van der Waals surface area contributed by atoms with Crippen LogP contribution < -0.4 is 5.73 Å². The Kier molecular flexibility index (Phi) is 7.03. The van der Waals surface area contributed by atoms with Gasteiger partial charge in [-0.2, -0.15) is 0 Å². The molecule has 5 nitrogen and oxygen atoms in total. The molecule has 0 aliphatic carbocycles. The van der Waals surface area contributed by atoms with Crippen LogP contribution >= 0.6 is 24.0 Å². The second kappa shape index (κ2) is 8.09. The van der Waals surface area contributed by atoms with Crippen molar-refractivity contribution in [2.45, 2.75) is 45.6 Å². The Morgan fingerprint density at radius 3 is 2.73 bits per heavy atom. The van der Waals surface area contributed by atoms with Crippen molar-refractivity contribution < 1.29 is 4.79 Å². The molecule has 2 unspecified atom stereocenters. The molecule has 1 aliphatic rings. The highest BCUT2D eigenvalue weighted by Gasteiger charge is 2.28. The lowest BCUT2D eigenvalue weighted by Gasteiger charge is -2.34. The van der Waals surface area contributed by atoms with Crippen molar-refractivity contribution in [3.8, 4) is 0 Å². The van der Waals surface area contributed by atoms with Crippen LogP contribution in [0, 0.1) is 5.92 Å². The molecule has 0 aromatic carbocycles. The molecule has 0 spiro atoms. The molecule has 22 heavy (non-hydrogen) atoms. The Labute approximate surface area is 143 Å². The van der Waals surface area contributed by atoms with Gasteiger partial charge in [0.05, 0.1) is 11.2 Å². The molecule has 1 saturated heterocycles. The van der Waals surface area contributed by atoms with Gasteiger partial charge in [0, 0.05) is 25.0 Å². The molecule has 1 amide bonds. The maximum Gasteiger partial charge on any atom is 0.274 e. The van der Waals surface area contributed by atoms with Gasteiger partial charge in [-0.25, -0.2) is 9.97 Å². The molecular weight excluding hydrogens is 323 g/mol. The Balaban J connectivity index is 0.00000242. The van der Waals surface area contributed by atoms with Crippen LogP contribution in [0.15, 0.2) is 6.20 Å². The molecule has 2 heterocycles. The number of hydrogen-bond donors (Lipinski definition) is 1. The van der Waals surface area contributed by atoms with E-state index < -0.39 is 0 Å². The fourth-order valence-electron chi connectivity index (χ4n) is 2.58. The largest absolute Gasteiger partial charge is 0.337 e. The summed E-state index contributed by atoms with van der Waals surface area (Å²) in [6, 6.07) is 0.0905. The van der Waals surface area contributed by atoms with E-state index in [-0.39, 0.29) is 30.3 Å². The number of hydrogen-bond acceptors (Lipinski definition) is 4. The van der Waals surface area contributed by atoms with Gasteiger partial charge in [0.15, 0.2) is 5.69 Å². The molecule has 2 rings (SSSR count). The molecule has 1 aromatic rings. The second-order valence-corrected chi connectivity index (χ2v) is 6.50. The Morgan fingerprint density at radius 1 is 1.45 bits per heavy atom. The monoisotopic (exact) mass is 346 g/mol. The average molecular weight is 347 g/mol. The van der Waals surface area contributed by atoms with Crippen molar-refractivity contribution in [3.63, 3.8) is 0 Å². The van der Waals surface area contributed by atoms with Crippen molar-refractivity contribution in [2.75, 3.05) is 13.1 Å². The minimum atomic E-state index is -0.116.